The normalized spacial score (nSPS) is 15.7. The number of aldehydes is 1. The Hall–Kier alpha value is -3.62. The van der Waals surface area contributed by atoms with Gasteiger partial charge in [0.15, 0.2) is 6.29 Å². The first-order valence-corrected chi connectivity index (χ1v) is 15.7. The Balaban J connectivity index is 1.68. The van der Waals surface area contributed by atoms with Gasteiger partial charge in [-0.05, 0) is 38.0 Å². The van der Waals surface area contributed by atoms with E-state index < -0.39 is 15.1 Å². The van der Waals surface area contributed by atoms with E-state index in [-0.39, 0.29) is 36.6 Å². The van der Waals surface area contributed by atoms with E-state index in [9.17, 15) is 28.1 Å². The molecule has 1 aromatic carbocycles. The molecule has 4 rings (SSSR count). The number of hydrogen-bond donors (Lipinski definition) is 0. The van der Waals surface area contributed by atoms with Gasteiger partial charge in [0.2, 0.25) is 10.0 Å². The Bertz CT molecular complexity index is 1530. The van der Waals surface area contributed by atoms with Crippen LogP contribution in [-0.4, -0.2) is 85.2 Å². The van der Waals surface area contributed by atoms with Crippen molar-refractivity contribution in [3.8, 4) is 5.75 Å². The Labute approximate surface area is 244 Å². The first-order valence-electron chi connectivity index (χ1n) is 14.2. The summed E-state index contributed by atoms with van der Waals surface area (Å²) >= 11 is 0. The van der Waals surface area contributed by atoms with Gasteiger partial charge in [-0.1, -0.05) is 20.3 Å². The topological polar surface area (TPSA) is 154 Å². The second-order valence-electron chi connectivity index (χ2n) is 10.2. The van der Waals surface area contributed by atoms with Crippen LogP contribution in [0.4, 0.5) is 5.69 Å². The van der Waals surface area contributed by atoms with Crippen LogP contribution < -0.4 is 10.3 Å². The molecule has 0 bridgehead atoms. The van der Waals surface area contributed by atoms with Crippen LogP contribution in [0.5, 0.6) is 5.75 Å². The van der Waals surface area contributed by atoms with Crippen LogP contribution in [-0.2, 0) is 34.2 Å². The van der Waals surface area contributed by atoms with Crippen LogP contribution in [0.3, 0.4) is 0 Å². The van der Waals surface area contributed by atoms with E-state index >= 15 is 0 Å². The predicted molar refractivity (Wildman–Crippen MR) is 156 cm³/mol. The molecule has 0 unspecified atom stereocenters. The van der Waals surface area contributed by atoms with E-state index in [0.717, 1.165) is 18.4 Å². The minimum absolute atomic E-state index is 0.0789. The predicted octanol–water partition coefficient (Wildman–Crippen LogP) is 2.61. The maximum absolute atomic E-state index is 13.7. The molecule has 1 saturated heterocycles. The summed E-state index contributed by atoms with van der Waals surface area (Å²) < 4.78 is 36.2. The van der Waals surface area contributed by atoms with Gasteiger partial charge >= 0.3 is 0 Å². The van der Waals surface area contributed by atoms with Gasteiger partial charge in [0.05, 0.1) is 28.6 Å². The largest absolute Gasteiger partial charge is 0.493 e. The summed E-state index contributed by atoms with van der Waals surface area (Å²) in [6.07, 6.45) is 2.98. The lowest BCUT2D eigenvalue weighted by molar-refractivity contribution is -0.757. The molecule has 3 heterocycles. The third-order valence-corrected chi connectivity index (χ3v) is 9.39. The Morgan fingerprint density at radius 3 is 2.45 bits per heavy atom. The summed E-state index contributed by atoms with van der Waals surface area (Å²) in [5.74, 6) is 0.474. The summed E-state index contributed by atoms with van der Waals surface area (Å²) in [5, 5.41) is 9.56. The number of hydrogen-bond acceptors (Lipinski definition) is 10. The Morgan fingerprint density at radius 1 is 1.10 bits per heavy atom. The van der Waals surface area contributed by atoms with Crippen LogP contribution in [0, 0.1) is 10.1 Å². The zero-order valence-corrected chi connectivity index (χ0v) is 25.0. The molecule has 2 aliphatic heterocycles. The number of rotatable bonds is 14. The molecule has 42 heavy (non-hydrogen) atoms. The molecule has 0 spiro atoms. The van der Waals surface area contributed by atoms with E-state index in [2.05, 4.69) is 4.84 Å². The fourth-order valence-electron chi connectivity index (χ4n) is 5.40. The van der Waals surface area contributed by atoms with E-state index in [1.165, 1.54) is 14.9 Å². The Kier molecular flexibility index (Phi) is 10.1. The number of carbonyl (C=O) groups is 1. The molecule has 228 valence electrons. The van der Waals surface area contributed by atoms with Gasteiger partial charge in [0, 0.05) is 62.4 Å². The monoisotopic (exact) mass is 603 g/mol. The van der Waals surface area contributed by atoms with Gasteiger partial charge < -0.3 is 14.1 Å². The molecule has 14 heteroatoms. The zero-order chi connectivity index (χ0) is 30.4. The minimum Gasteiger partial charge on any atom is -0.493 e. The zero-order valence-electron chi connectivity index (χ0n) is 24.2. The lowest BCUT2D eigenvalue weighted by Crippen LogP contribution is -2.49. The highest BCUT2D eigenvalue weighted by Crippen LogP contribution is 2.36. The summed E-state index contributed by atoms with van der Waals surface area (Å²) in [4.78, 5) is 47.0. The number of pyridine rings is 1. The molecule has 1 aromatic heterocycles. The van der Waals surface area contributed by atoms with Crippen molar-refractivity contribution >= 4 is 27.7 Å². The molecule has 0 atom stereocenters. The smallest absolute Gasteiger partial charge is 0.294 e. The van der Waals surface area contributed by atoms with Crippen molar-refractivity contribution < 1.29 is 27.9 Å². The molecule has 0 radical (unpaired) electrons. The molecular weight excluding hydrogens is 566 g/mol. The number of nitrogens with zero attached hydrogens (tertiary/aromatic N) is 5. The third kappa shape index (κ3) is 6.40. The Morgan fingerprint density at radius 2 is 1.83 bits per heavy atom. The van der Waals surface area contributed by atoms with Crippen LogP contribution >= 0.6 is 0 Å². The number of sulfonamides is 1. The number of benzene rings is 1. The van der Waals surface area contributed by atoms with Gasteiger partial charge in [0.25, 0.3) is 10.6 Å². The quantitative estimate of drug-likeness (QED) is 0.180. The maximum Gasteiger partial charge on any atom is 0.294 e. The second kappa shape index (κ2) is 13.6. The van der Waals surface area contributed by atoms with Gasteiger partial charge in [-0.15, -0.1) is 10.1 Å². The molecule has 0 amide bonds. The van der Waals surface area contributed by atoms with E-state index in [1.54, 1.807) is 12.1 Å². The summed E-state index contributed by atoms with van der Waals surface area (Å²) in [7, 11) is -3.88. The summed E-state index contributed by atoms with van der Waals surface area (Å²) in [5.41, 5.74) is 2.78. The highest BCUT2D eigenvalue weighted by molar-refractivity contribution is 7.89. The van der Waals surface area contributed by atoms with Gasteiger partial charge in [-0.25, -0.2) is 8.42 Å². The SMILES string of the molecule is CCCOc1ccc(S(=O)(=O)N2CCN(CCO[N+](=O)[O-])CC2)cc1C1=Nc2c(CCC)c(C=O)n(CC)c(=O)c2C1. The maximum atomic E-state index is 13.7. The van der Waals surface area contributed by atoms with Crippen LogP contribution in [0.1, 0.15) is 60.8 Å². The molecule has 1 fully saturated rings. The number of ether oxygens (including phenoxy) is 1. The van der Waals surface area contributed by atoms with E-state index in [4.69, 9.17) is 9.73 Å². The van der Waals surface area contributed by atoms with Crippen LogP contribution in [0.2, 0.25) is 0 Å². The average Bonchev–Trinajstić information content (AvgIpc) is 3.43. The first kappa shape index (κ1) is 31.3. The van der Waals surface area contributed by atoms with Crippen molar-refractivity contribution in [3.63, 3.8) is 0 Å². The highest BCUT2D eigenvalue weighted by atomic mass is 32.2. The van der Waals surface area contributed by atoms with Crippen LogP contribution in [0.15, 0.2) is 32.9 Å². The third-order valence-electron chi connectivity index (χ3n) is 7.49. The van der Waals surface area contributed by atoms with Gasteiger partial charge in [0.1, 0.15) is 12.4 Å². The number of aliphatic imine (C=N–C) groups is 1. The molecule has 2 aromatic rings. The molecular formula is C28H37N5O8S. The molecule has 0 aliphatic carbocycles. The van der Waals surface area contributed by atoms with Crippen molar-refractivity contribution in [1.82, 2.24) is 13.8 Å². The standard InChI is InChI=1S/C28H37N5O8S/c1-4-7-21-25(19-34)32(6-3)28(35)23-18-24(29-27(21)23)22-17-20(8-9-26(22)40-15-5-2)42(38,39)31-12-10-30(11-13-31)14-16-41-33(36)37/h8-9,17,19H,4-7,10-16,18H2,1-3H3. The number of fused-ring (bicyclic) bond motifs is 1. The number of piperazine rings is 1. The summed E-state index contributed by atoms with van der Waals surface area (Å²) in [6.45, 7) is 8.07. The molecule has 2 aliphatic rings. The average molecular weight is 604 g/mol. The fourth-order valence-corrected chi connectivity index (χ4v) is 6.85. The lowest BCUT2D eigenvalue weighted by Gasteiger charge is -2.33. The second-order valence-corrected chi connectivity index (χ2v) is 12.1. The van der Waals surface area contributed by atoms with Crippen molar-refractivity contribution in [2.45, 2.75) is 57.9 Å². The minimum atomic E-state index is -3.88. The molecule has 0 saturated carbocycles. The number of carbonyl (C=O) groups excluding carboxylic acids is 1. The van der Waals surface area contributed by atoms with Crippen LogP contribution in [0.25, 0.3) is 0 Å². The first-order chi connectivity index (χ1) is 20.2. The van der Waals surface area contributed by atoms with Crippen molar-refractivity contribution in [3.05, 3.63) is 61.1 Å². The molecule has 13 nitrogen and oxygen atoms in total. The summed E-state index contributed by atoms with van der Waals surface area (Å²) in [6, 6.07) is 4.70. The lowest BCUT2D eigenvalue weighted by atomic mass is 10.00. The van der Waals surface area contributed by atoms with E-state index in [0.29, 0.717) is 79.5 Å². The molecule has 0 N–H and O–H groups in total. The van der Waals surface area contributed by atoms with Crippen molar-refractivity contribution in [2.75, 3.05) is 45.9 Å². The van der Waals surface area contributed by atoms with Crippen molar-refractivity contribution in [1.29, 1.82) is 0 Å². The fraction of sp³-hybridized carbons (Fsp3) is 0.536. The van der Waals surface area contributed by atoms with Crippen molar-refractivity contribution in [2.24, 2.45) is 4.99 Å². The highest BCUT2D eigenvalue weighted by Gasteiger charge is 2.32. The number of aromatic nitrogens is 1. The van der Waals surface area contributed by atoms with Gasteiger partial charge in [-0.3, -0.25) is 19.5 Å². The van der Waals surface area contributed by atoms with E-state index in [1.807, 2.05) is 25.7 Å². The van der Waals surface area contributed by atoms with Gasteiger partial charge in [-0.2, -0.15) is 4.31 Å².